The molecule has 0 amide bonds. The van der Waals surface area contributed by atoms with Gasteiger partial charge in [0.1, 0.15) is 0 Å². The molecule has 2 aromatic rings. The van der Waals surface area contributed by atoms with Gasteiger partial charge in [0.05, 0.1) is 5.69 Å². The fourth-order valence-electron chi connectivity index (χ4n) is 1.26. The number of anilines is 1. The molecular weight excluding hydrogens is 216 g/mol. The summed E-state index contributed by atoms with van der Waals surface area (Å²) in [6.07, 6.45) is 0.786. The Morgan fingerprint density at radius 1 is 1.43 bits per heavy atom. The average molecular weight is 225 g/mol. The van der Waals surface area contributed by atoms with Crippen molar-refractivity contribution in [3.63, 3.8) is 0 Å². The Balaban J connectivity index is 2.18. The number of nitrogens with zero attached hydrogens (tertiary/aromatic N) is 1. The molecular formula is C10H9ClN2S. The van der Waals surface area contributed by atoms with Crippen LogP contribution in [0.25, 0.3) is 0 Å². The van der Waals surface area contributed by atoms with Gasteiger partial charge in [-0.1, -0.05) is 23.7 Å². The zero-order valence-electron chi connectivity index (χ0n) is 7.40. The third-order valence-corrected chi connectivity index (χ3v) is 2.80. The first kappa shape index (κ1) is 9.49. The molecule has 0 radical (unpaired) electrons. The van der Waals surface area contributed by atoms with Gasteiger partial charge >= 0.3 is 0 Å². The van der Waals surface area contributed by atoms with Crippen molar-refractivity contribution in [1.29, 1.82) is 0 Å². The molecule has 1 aromatic heterocycles. The number of aromatic nitrogens is 1. The zero-order valence-corrected chi connectivity index (χ0v) is 8.98. The van der Waals surface area contributed by atoms with Crippen LogP contribution in [0.2, 0.25) is 5.02 Å². The van der Waals surface area contributed by atoms with Crippen LogP contribution < -0.4 is 5.73 Å². The van der Waals surface area contributed by atoms with Crippen LogP contribution in [0, 0.1) is 0 Å². The lowest BCUT2D eigenvalue weighted by Crippen LogP contribution is -1.89. The highest BCUT2D eigenvalue weighted by Gasteiger charge is 2.00. The van der Waals surface area contributed by atoms with Gasteiger partial charge in [-0.05, 0) is 17.7 Å². The number of nitrogens with two attached hydrogens (primary N) is 1. The van der Waals surface area contributed by atoms with Crippen molar-refractivity contribution in [2.45, 2.75) is 6.42 Å². The van der Waals surface area contributed by atoms with E-state index in [4.69, 9.17) is 17.3 Å². The molecule has 1 aromatic carbocycles. The number of hydrogen-bond acceptors (Lipinski definition) is 3. The molecule has 0 spiro atoms. The number of nitrogen functional groups attached to an aromatic ring is 1. The minimum absolute atomic E-state index is 0.613. The van der Waals surface area contributed by atoms with Crippen molar-refractivity contribution in [3.05, 3.63) is 45.9 Å². The van der Waals surface area contributed by atoms with E-state index in [0.29, 0.717) is 5.13 Å². The van der Waals surface area contributed by atoms with Crippen molar-refractivity contribution >= 4 is 28.1 Å². The summed E-state index contributed by atoms with van der Waals surface area (Å²) in [5.41, 5.74) is 7.69. The topological polar surface area (TPSA) is 38.9 Å². The number of benzene rings is 1. The summed E-state index contributed by atoms with van der Waals surface area (Å²) in [5, 5.41) is 3.34. The molecule has 2 rings (SSSR count). The molecule has 0 unspecified atom stereocenters. The maximum atomic E-state index is 5.87. The Hall–Kier alpha value is -1.06. The Morgan fingerprint density at radius 2 is 2.29 bits per heavy atom. The van der Waals surface area contributed by atoms with E-state index in [1.54, 1.807) is 0 Å². The quantitative estimate of drug-likeness (QED) is 0.852. The largest absolute Gasteiger partial charge is 0.375 e. The molecule has 2 N–H and O–H groups in total. The summed E-state index contributed by atoms with van der Waals surface area (Å²) in [7, 11) is 0. The molecule has 0 bridgehead atoms. The highest BCUT2D eigenvalue weighted by atomic mass is 35.5. The molecule has 0 atom stereocenters. The minimum Gasteiger partial charge on any atom is -0.375 e. The molecule has 1 heterocycles. The maximum absolute atomic E-state index is 5.87. The Labute approximate surface area is 91.4 Å². The number of rotatable bonds is 2. The van der Waals surface area contributed by atoms with Gasteiger partial charge in [-0.15, -0.1) is 11.3 Å². The molecule has 0 aliphatic heterocycles. The van der Waals surface area contributed by atoms with Crippen molar-refractivity contribution in [2.75, 3.05) is 5.73 Å². The van der Waals surface area contributed by atoms with E-state index in [2.05, 4.69) is 4.98 Å². The van der Waals surface area contributed by atoms with Gasteiger partial charge in [0, 0.05) is 16.8 Å². The monoisotopic (exact) mass is 224 g/mol. The highest BCUT2D eigenvalue weighted by Crippen LogP contribution is 2.17. The molecule has 14 heavy (non-hydrogen) atoms. The van der Waals surface area contributed by atoms with E-state index in [0.717, 1.165) is 22.7 Å². The van der Waals surface area contributed by atoms with Crippen molar-refractivity contribution in [1.82, 2.24) is 4.98 Å². The number of hydrogen-bond donors (Lipinski definition) is 1. The predicted octanol–water partition coefficient (Wildman–Crippen LogP) is 2.97. The smallest absolute Gasteiger partial charge is 0.180 e. The molecule has 0 saturated carbocycles. The highest BCUT2D eigenvalue weighted by molar-refractivity contribution is 7.13. The van der Waals surface area contributed by atoms with Crippen LogP contribution in [-0.2, 0) is 6.42 Å². The Kier molecular flexibility index (Phi) is 2.70. The van der Waals surface area contributed by atoms with E-state index in [1.807, 2.05) is 29.6 Å². The van der Waals surface area contributed by atoms with Gasteiger partial charge < -0.3 is 5.73 Å². The molecule has 2 nitrogen and oxygen atoms in total. The normalized spacial score (nSPS) is 10.4. The maximum Gasteiger partial charge on any atom is 0.180 e. The van der Waals surface area contributed by atoms with Gasteiger partial charge in [-0.25, -0.2) is 4.98 Å². The summed E-state index contributed by atoms with van der Waals surface area (Å²) >= 11 is 7.34. The lowest BCUT2D eigenvalue weighted by molar-refractivity contribution is 1.11. The second kappa shape index (κ2) is 3.98. The van der Waals surface area contributed by atoms with E-state index in [9.17, 15) is 0 Å². The van der Waals surface area contributed by atoms with Crippen LogP contribution in [0.1, 0.15) is 11.3 Å². The van der Waals surface area contributed by atoms with Gasteiger partial charge in [-0.2, -0.15) is 0 Å². The fraction of sp³-hybridized carbons (Fsp3) is 0.100. The van der Waals surface area contributed by atoms with E-state index in [-0.39, 0.29) is 0 Å². The van der Waals surface area contributed by atoms with Crippen LogP contribution in [-0.4, -0.2) is 4.98 Å². The lowest BCUT2D eigenvalue weighted by Gasteiger charge is -1.98. The number of halogens is 1. The van der Waals surface area contributed by atoms with Crippen molar-refractivity contribution in [3.8, 4) is 0 Å². The molecule has 0 aliphatic carbocycles. The number of thiazole rings is 1. The van der Waals surface area contributed by atoms with Gasteiger partial charge in [-0.3, -0.25) is 0 Å². The van der Waals surface area contributed by atoms with Gasteiger partial charge in [0.15, 0.2) is 5.13 Å². The fourth-order valence-corrected chi connectivity index (χ4v) is 2.04. The summed E-state index contributed by atoms with van der Waals surface area (Å²) in [6, 6.07) is 7.77. The van der Waals surface area contributed by atoms with Crippen LogP contribution in [0.4, 0.5) is 5.13 Å². The summed E-state index contributed by atoms with van der Waals surface area (Å²) in [5.74, 6) is 0. The van der Waals surface area contributed by atoms with E-state index >= 15 is 0 Å². The van der Waals surface area contributed by atoms with E-state index in [1.165, 1.54) is 11.3 Å². The third-order valence-electron chi connectivity index (χ3n) is 1.84. The molecule has 4 heteroatoms. The SMILES string of the molecule is Nc1nc(Cc2cccc(Cl)c2)cs1. The second-order valence-corrected chi connectivity index (χ2v) is 4.31. The van der Waals surface area contributed by atoms with Crippen LogP contribution in [0.15, 0.2) is 29.6 Å². The van der Waals surface area contributed by atoms with Crippen LogP contribution in [0.3, 0.4) is 0 Å². The summed E-state index contributed by atoms with van der Waals surface area (Å²) in [4.78, 5) is 4.19. The Bertz CT molecular complexity index is 439. The predicted molar refractivity (Wildman–Crippen MR) is 60.8 cm³/mol. The van der Waals surface area contributed by atoms with E-state index < -0.39 is 0 Å². The Morgan fingerprint density at radius 3 is 2.93 bits per heavy atom. The van der Waals surface area contributed by atoms with Crippen LogP contribution in [0.5, 0.6) is 0 Å². The first-order valence-corrected chi connectivity index (χ1v) is 5.44. The summed E-state index contributed by atoms with van der Waals surface area (Å²) in [6.45, 7) is 0. The van der Waals surface area contributed by atoms with Gasteiger partial charge in [0.25, 0.3) is 0 Å². The van der Waals surface area contributed by atoms with Gasteiger partial charge in [0.2, 0.25) is 0 Å². The first-order valence-electron chi connectivity index (χ1n) is 4.18. The van der Waals surface area contributed by atoms with Crippen molar-refractivity contribution in [2.24, 2.45) is 0 Å². The van der Waals surface area contributed by atoms with Crippen LogP contribution >= 0.6 is 22.9 Å². The lowest BCUT2D eigenvalue weighted by atomic mass is 10.1. The standard InChI is InChI=1S/C10H9ClN2S/c11-8-3-1-2-7(4-8)5-9-6-14-10(12)13-9/h1-4,6H,5H2,(H2,12,13). The molecule has 0 saturated heterocycles. The average Bonchev–Trinajstić information content (AvgIpc) is 2.51. The molecule has 0 aliphatic rings. The third kappa shape index (κ3) is 2.25. The van der Waals surface area contributed by atoms with Crippen molar-refractivity contribution < 1.29 is 0 Å². The summed E-state index contributed by atoms with van der Waals surface area (Å²) < 4.78 is 0. The molecule has 72 valence electrons. The minimum atomic E-state index is 0.613. The zero-order chi connectivity index (χ0) is 9.97. The first-order chi connectivity index (χ1) is 6.74. The molecule has 0 fully saturated rings. The second-order valence-electron chi connectivity index (χ2n) is 2.98.